The highest BCUT2D eigenvalue weighted by atomic mass is 19.4. The molecule has 1 fully saturated rings. The number of nitrogens with zero attached hydrogens (tertiary/aromatic N) is 1. The van der Waals surface area contributed by atoms with Crippen LogP contribution < -0.4 is 0 Å². The summed E-state index contributed by atoms with van der Waals surface area (Å²) < 4.78 is 51.0. The molecule has 2 nitrogen and oxygen atoms in total. The molecule has 0 aliphatic carbocycles. The van der Waals surface area contributed by atoms with Crippen molar-refractivity contribution in [2.45, 2.75) is 19.0 Å². The van der Waals surface area contributed by atoms with Crippen molar-refractivity contribution < 1.29 is 22.4 Å². The molecule has 0 saturated carbocycles. The molecule has 1 saturated heterocycles. The van der Waals surface area contributed by atoms with Gasteiger partial charge in [-0.2, -0.15) is 13.2 Å². The molecule has 1 aliphatic heterocycles. The largest absolute Gasteiger partial charge is 0.391 e. The van der Waals surface area contributed by atoms with E-state index in [4.69, 9.17) is 0 Å². The molecule has 0 spiro atoms. The highest BCUT2D eigenvalue weighted by Gasteiger charge is 2.41. The predicted octanol–water partition coefficient (Wildman–Crippen LogP) is 3.28. The monoisotopic (exact) mass is 289 g/mol. The number of ketones is 1. The maximum Gasteiger partial charge on any atom is 0.391 e. The van der Waals surface area contributed by atoms with Crippen LogP contribution in [0.4, 0.5) is 17.6 Å². The average Bonchev–Trinajstić information content (AvgIpc) is 2.38. The first-order valence-electron chi connectivity index (χ1n) is 6.44. The number of halogens is 4. The second kappa shape index (κ2) is 5.91. The molecule has 1 aromatic carbocycles. The fourth-order valence-electron chi connectivity index (χ4n) is 2.39. The first-order valence-corrected chi connectivity index (χ1v) is 6.44. The van der Waals surface area contributed by atoms with Crippen molar-refractivity contribution >= 4 is 5.78 Å². The quantitative estimate of drug-likeness (QED) is 0.628. The summed E-state index contributed by atoms with van der Waals surface area (Å²) in [5.41, 5.74) is -0.00885. The van der Waals surface area contributed by atoms with Crippen molar-refractivity contribution in [1.82, 2.24) is 4.90 Å². The van der Waals surface area contributed by atoms with Gasteiger partial charge in [0.15, 0.2) is 5.78 Å². The zero-order valence-corrected chi connectivity index (χ0v) is 10.8. The number of benzene rings is 1. The van der Waals surface area contributed by atoms with Crippen LogP contribution in [0.5, 0.6) is 0 Å². The minimum absolute atomic E-state index is 0.00590. The van der Waals surface area contributed by atoms with E-state index in [0.29, 0.717) is 0 Å². The second-order valence-electron chi connectivity index (χ2n) is 5.00. The van der Waals surface area contributed by atoms with E-state index in [1.54, 1.807) is 11.0 Å². The molecule has 0 unspecified atom stereocenters. The molecule has 6 heteroatoms. The molecule has 0 amide bonds. The van der Waals surface area contributed by atoms with Crippen molar-refractivity contribution in [3.05, 3.63) is 35.6 Å². The Morgan fingerprint density at radius 1 is 1.20 bits per heavy atom. The van der Waals surface area contributed by atoms with Gasteiger partial charge in [-0.05, 0) is 38.1 Å². The molecule has 0 atom stereocenters. The molecular formula is C14H15F4NO. The van der Waals surface area contributed by atoms with Gasteiger partial charge in [0.05, 0.1) is 18.0 Å². The van der Waals surface area contributed by atoms with Gasteiger partial charge in [-0.25, -0.2) is 4.39 Å². The summed E-state index contributed by atoms with van der Waals surface area (Å²) in [6.07, 6.45) is -4.18. The Kier molecular flexibility index (Phi) is 4.42. The third-order valence-corrected chi connectivity index (χ3v) is 3.59. The van der Waals surface area contributed by atoms with Gasteiger partial charge in [0.1, 0.15) is 5.82 Å². The summed E-state index contributed by atoms with van der Waals surface area (Å²) in [5.74, 6) is -2.28. The molecule has 1 heterocycles. The van der Waals surface area contributed by atoms with Crippen LogP contribution in [-0.4, -0.2) is 36.5 Å². The Labute approximate surface area is 114 Å². The van der Waals surface area contributed by atoms with E-state index in [1.807, 2.05) is 0 Å². The Bertz CT molecular complexity index is 478. The van der Waals surface area contributed by atoms with Crippen LogP contribution in [0.3, 0.4) is 0 Å². The van der Waals surface area contributed by atoms with E-state index in [1.165, 1.54) is 18.2 Å². The number of piperidine rings is 1. The zero-order chi connectivity index (χ0) is 14.8. The first kappa shape index (κ1) is 15.0. The van der Waals surface area contributed by atoms with Crippen molar-refractivity contribution in [3.8, 4) is 0 Å². The Hall–Kier alpha value is -1.43. The fourth-order valence-corrected chi connectivity index (χ4v) is 2.39. The molecule has 1 aliphatic rings. The summed E-state index contributed by atoms with van der Waals surface area (Å²) in [4.78, 5) is 13.6. The van der Waals surface area contributed by atoms with Crippen molar-refractivity contribution in [2.75, 3.05) is 19.6 Å². The van der Waals surface area contributed by atoms with Crippen molar-refractivity contribution in [1.29, 1.82) is 0 Å². The van der Waals surface area contributed by atoms with Crippen LogP contribution >= 0.6 is 0 Å². The molecule has 110 valence electrons. The van der Waals surface area contributed by atoms with Gasteiger partial charge in [-0.3, -0.25) is 9.69 Å². The lowest BCUT2D eigenvalue weighted by Crippen LogP contribution is -2.41. The molecular weight excluding hydrogens is 274 g/mol. The predicted molar refractivity (Wildman–Crippen MR) is 65.9 cm³/mol. The Morgan fingerprint density at radius 2 is 1.80 bits per heavy atom. The van der Waals surface area contributed by atoms with E-state index >= 15 is 0 Å². The summed E-state index contributed by atoms with van der Waals surface area (Å²) in [6, 6.07) is 5.64. The number of hydrogen-bond donors (Lipinski definition) is 0. The number of Topliss-reactive ketones (excluding diaryl/α,β-unsaturated/α-hetero) is 1. The van der Waals surface area contributed by atoms with Crippen molar-refractivity contribution in [3.63, 3.8) is 0 Å². The maximum absolute atomic E-state index is 13.4. The second-order valence-corrected chi connectivity index (χ2v) is 5.00. The van der Waals surface area contributed by atoms with E-state index in [9.17, 15) is 22.4 Å². The minimum atomic E-state index is -4.17. The van der Waals surface area contributed by atoms with Crippen molar-refractivity contribution in [2.24, 2.45) is 5.92 Å². The molecule has 20 heavy (non-hydrogen) atoms. The van der Waals surface area contributed by atoms with Gasteiger partial charge >= 0.3 is 6.18 Å². The lowest BCUT2D eigenvalue weighted by atomic mass is 9.96. The maximum atomic E-state index is 13.4. The Balaban J connectivity index is 1.90. The van der Waals surface area contributed by atoms with Gasteiger partial charge in [0, 0.05) is 0 Å². The number of hydrogen-bond acceptors (Lipinski definition) is 2. The van der Waals surface area contributed by atoms with Gasteiger partial charge in [-0.1, -0.05) is 12.1 Å². The molecule has 0 N–H and O–H groups in total. The normalized spacial score (nSPS) is 18.2. The van der Waals surface area contributed by atoms with Crippen LogP contribution in [0.25, 0.3) is 0 Å². The fraction of sp³-hybridized carbons (Fsp3) is 0.500. The highest BCUT2D eigenvalue weighted by molar-refractivity contribution is 5.97. The number of rotatable bonds is 3. The first-order chi connectivity index (χ1) is 9.38. The van der Waals surface area contributed by atoms with E-state index in [-0.39, 0.29) is 38.0 Å². The summed E-state index contributed by atoms with van der Waals surface area (Å²) in [5, 5.41) is 0. The van der Waals surface area contributed by atoms with Crippen LogP contribution in [0.2, 0.25) is 0 Å². The third kappa shape index (κ3) is 3.56. The van der Waals surface area contributed by atoms with Gasteiger partial charge in [0.25, 0.3) is 0 Å². The van der Waals surface area contributed by atoms with Gasteiger partial charge in [0.2, 0.25) is 0 Å². The van der Waals surface area contributed by atoms with Crippen LogP contribution in [0.15, 0.2) is 24.3 Å². The lowest BCUT2D eigenvalue weighted by molar-refractivity contribution is -0.184. The number of alkyl halides is 3. The SMILES string of the molecule is O=C(CN1CCC(C(F)(F)F)CC1)c1ccccc1F. The van der Waals surface area contributed by atoms with E-state index in [0.717, 1.165) is 0 Å². The zero-order valence-electron chi connectivity index (χ0n) is 10.8. The average molecular weight is 289 g/mol. The van der Waals surface area contributed by atoms with Crippen LogP contribution in [0, 0.1) is 11.7 Å². The van der Waals surface area contributed by atoms with E-state index in [2.05, 4.69) is 0 Å². The molecule has 0 aromatic heterocycles. The van der Waals surface area contributed by atoms with Crippen LogP contribution in [0.1, 0.15) is 23.2 Å². The summed E-state index contributed by atoms with van der Waals surface area (Å²) in [7, 11) is 0. The summed E-state index contributed by atoms with van der Waals surface area (Å²) in [6.45, 7) is 0.389. The standard InChI is InChI=1S/C14H15F4NO/c15-12-4-2-1-3-11(12)13(20)9-19-7-5-10(6-8-19)14(16,17)18/h1-4,10H,5-9H2. The number of carbonyl (C=O) groups is 1. The van der Waals surface area contributed by atoms with Gasteiger partial charge in [-0.15, -0.1) is 0 Å². The minimum Gasteiger partial charge on any atom is -0.296 e. The third-order valence-electron chi connectivity index (χ3n) is 3.59. The number of carbonyl (C=O) groups excluding carboxylic acids is 1. The molecule has 0 bridgehead atoms. The lowest BCUT2D eigenvalue weighted by Gasteiger charge is -2.32. The molecule has 1 aromatic rings. The van der Waals surface area contributed by atoms with Gasteiger partial charge < -0.3 is 0 Å². The smallest absolute Gasteiger partial charge is 0.296 e. The molecule has 2 rings (SSSR count). The summed E-state index contributed by atoms with van der Waals surface area (Å²) >= 11 is 0. The van der Waals surface area contributed by atoms with Crippen LogP contribution in [-0.2, 0) is 0 Å². The topological polar surface area (TPSA) is 20.3 Å². The molecule has 0 radical (unpaired) electrons. The highest BCUT2D eigenvalue weighted by Crippen LogP contribution is 2.34. The Morgan fingerprint density at radius 3 is 2.35 bits per heavy atom. The van der Waals surface area contributed by atoms with E-state index < -0.39 is 23.7 Å². The number of likely N-dealkylation sites (tertiary alicyclic amines) is 1.